The number of benzene rings is 2. The molecule has 2 aromatic rings. The molecule has 36 heavy (non-hydrogen) atoms. The van der Waals surface area contributed by atoms with Crippen LogP contribution in [-0.4, -0.2) is 57.2 Å². The molecule has 1 atom stereocenters. The summed E-state index contributed by atoms with van der Waals surface area (Å²) in [5.41, 5.74) is 7.06. The van der Waals surface area contributed by atoms with E-state index in [9.17, 15) is 22.8 Å². The molecule has 1 heterocycles. The molecule has 4 N–H and O–H groups in total. The third-order valence-corrected chi connectivity index (χ3v) is 8.00. The van der Waals surface area contributed by atoms with Crippen molar-refractivity contribution in [3.63, 3.8) is 0 Å². The number of carbonyl (C=O) groups excluding carboxylic acids is 3. The molecule has 0 saturated carbocycles. The topological polar surface area (TPSA) is 148 Å². The first-order valence-electron chi connectivity index (χ1n) is 11.7. The van der Waals surface area contributed by atoms with E-state index in [0.29, 0.717) is 41.9 Å². The van der Waals surface area contributed by atoms with E-state index in [0.717, 1.165) is 0 Å². The van der Waals surface area contributed by atoms with Crippen LogP contribution in [0.15, 0.2) is 47.4 Å². The molecule has 0 aromatic heterocycles. The number of nitrogens with zero attached hydrogens (tertiary/aromatic N) is 1. The lowest BCUT2D eigenvalue weighted by Crippen LogP contribution is -2.35. The van der Waals surface area contributed by atoms with Crippen molar-refractivity contribution in [2.75, 3.05) is 36.6 Å². The van der Waals surface area contributed by atoms with E-state index in [4.69, 9.17) is 5.73 Å². The zero-order valence-electron chi connectivity index (χ0n) is 20.6. The molecule has 0 spiro atoms. The Morgan fingerprint density at radius 2 is 1.89 bits per heavy atom. The number of nitrogens with one attached hydrogen (secondary N) is 2. The zero-order valence-corrected chi connectivity index (χ0v) is 21.4. The van der Waals surface area contributed by atoms with Crippen molar-refractivity contribution in [3.05, 3.63) is 53.6 Å². The highest BCUT2D eigenvalue weighted by atomic mass is 32.2. The minimum absolute atomic E-state index is 0.0395. The van der Waals surface area contributed by atoms with Crippen molar-refractivity contribution < 1.29 is 27.5 Å². The lowest BCUT2D eigenvalue weighted by atomic mass is 10.0. The highest BCUT2D eigenvalue weighted by molar-refractivity contribution is 7.91. The Labute approximate surface area is 211 Å². The maximum absolute atomic E-state index is 13.2. The van der Waals surface area contributed by atoms with Gasteiger partial charge in [0.1, 0.15) is 0 Å². The Kier molecular flexibility index (Phi) is 8.57. The van der Waals surface area contributed by atoms with Crippen molar-refractivity contribution >= 4 is 39.1 Å². The molecule has 3 amide bonds. The number of methoxy groups -OCH3 is 1. The van der Waals surface area contributed by atoms with E-state index in [1.54, 1.807) is 35.2 Å². The quantitative estimate of drug-likeness (QED) is 0.464. The van der Waals surface area contributed by atoms with Gasteiger partial charge in [-0.25, -0.2) is 13.2 Å². The number of nitrogens with two attached hydrogens (primary N) is 1. The van der Waals surface area contributed by atoms with Crippen LogP contribution in [0.2, 0.25) is 0 Å². The van der Waals surface area contributed by atoms with Crippen LogP contribution in [0, 0.1) is 5.92 Å². The van der Waals surface area contributed by atoms with E-state index in [-0.39, 0.29) is 29.0 Å². The second-order valence-electron chi connectivity index (χ2n) is 9.09. The fraction of sp³-hybridized carbons (Fsp3) is 0.400. The number of ether oxygens (including phenoxy) is 1. The lowest BCUT2D eigenvalue weighted by Gasteiger charge is -2.28. The summed E-state index contributed by atoms with van der Waals surface area (Å²) < 4.78 is 31.1. The highest BCUT2D eigenvalue weighted by Gasteiger charge is 2.34. The monoisotopic (exact) mass is 516 g/mol. The average molecular weight is 517 g/mol. The van der Waals surface area contributed by atoms with Gasteiger partial charge >= 0.3 is 6.09 Å². The van der Waals surface area contributed by atoms with E-state index in [1.807, 2.05) is 13.8 Å². The van der Waals surface area contributed by atoms with Gasteiger partial charge in [-0.1, -0.05) is 19.9 Å². The van der Waals surface area contributed by atoms with Crippen LogP contribution < -0.4 is 16.4 Å². The van der Waals surface area contributed by atoms with Gasteiger partial charge < -0.3 is 20.7 Å². The van der Waals surface area contributed by atoms with Crippen molar-refractivity contribution in [1.29, 1.82) is 0 Å². The Morgan fingerprint density at radius 1 is 1.14 bits per heavy atom. The second kappa shape index (κ2) is 11.4. The smallest absolute Gasteiger partial charge is 0.411 e. The molecule has 1 aliphatic rings. The first-order chi connectivity index (χ1) is 17.0. The molecular formula is C25H32N4O6S. The molecule has 1 saturated heterocycles. The van der Waals surface area contributed by atoms with Crippen LogP contribution >= 0.6 is 0 Å². The van der Waals surface area contributed by atoms with Crippen molar-refractivity contribution in [3.8, 4) is 0 Å². The number of anilines is 2. The third kappa shape index (κ3) is 6.54. The molecule has 1 fully saturated rings. The molecule has 2 aromatic carbocycles. The van der Waals surface area contributed by atoms with E-state index >= 15 is 0 Å². The number of carbonyl (C=O) groups is 3. The number of primary amides is 1. The van der Waals surface area contributed by atoms with E-state index in [2.05, 4.69) is 15.4 Å². The lowest BCUT2D eigenvalue weighted by molar-refractivity contribution is -0.130. The van der Waals surface area contributed by atoms with Gasteiger partial charge in [0.2, 0.25) is 11.8 Å². The van der Waals surface area contributed by atoms with Gasteiger partial charge in [0, 0.05) is 23.5 Å². The van der Waals surface area contributed by atoms with Gasteiger partial charge in [-0.3, -0.25) is 14.9 Å². The van der Waals surface area contributed by atoms with Crippen LogP contribution in [0.4, 0.5) is 16.2 Å². The minimum Gasteiger partial charge on any atom is -0.453 e. The summed E-state index contributed by atoms with van der Waals surface area (Å²) in [6.45, 7) is 4.07. The predicted molar refractivity (Wildman–Crippen MR) is 136 cm³/mol. The average Bonchev–Trinajstić information content (AvgIpc) is 3.31. The maximum atomic E-state index is 13.2. The fourth-order valence-electron chi connectivity index (χ4n) is 4.32. The number of rotatable bonds is 9. The SMILES string of the molecule is COC(=O)Nc1ccc(S(=O)(=O)CC(C)C)c([C@H]2CCCN2C(=O)CNc2cccc(C(N)=O)c2)c1. The number of amides is 3. The third-order valence-electron chi connectivity index (χ3n) is 5.85. The van der Waals surface area contributed by atoms with Crippen LogP contribution in [0.5, 0.6) is 0 Å². The molecule has 10 nitrogen and oxygen atoms in total. The largest absolute Gasteiger partial charge is 0.453 e. The van der Waals surface area contributed by atoms with Gasteiger partial charge in [-0.2, -0.15) is 0 Å². The first kappa shape index (κ1) is 27.0. The standard InChI is InChI=1S/C25H32N4O6S/c1-16(2)15-36(33,34)22-10-9-19(28-25(32)35-3)13-20(22)21-8-5-11-29(21)23(30)14-27-18-7-4-6-17(12-18)24(26)31/h4,6-7,9-10,12-13,16,21,27H,5,8,11,14-15H2,1-3H3,(H2,26,31)(H,28,32)/t21-/m1/s1. The van der Waals surface area contributed by atoms with Gasteiger partial charge in [0.15, 0.2) is 9.84 Å². The Morgan fingerprint density at radius 3 is 2.56 bits per heavy atom. The summed E-state index contributed by atoms with van der Waals surface area (Å²) >= 11 is 0. The number of likely N-dealkylation sites (tertiary alicyclic amines) is 1. The van der Waals surface area contributed by atoms with Gasteiger partial charge in [0.05, 0.1) is 30.3 Å². The predicted octanol–water partition coefficient (Wildman–Crippen LogP) is 3.17. The van der Waals surface area contributed by atoms with Crippen LogP contribution in [-0.2, 0) is 19.4 Å². The van der Waals surface area contributed by atoms with Crippen LogP contribution in [0.1, 0.15) is 48.7 Å². The molecular weight excluding hydrogens is 484 g/mol. The number of hydrogen-bond donors (Lipinski definition) is 3. The van der Waals surface area contributed by atoms with Gasteiger partial charge in [0.25, 0.3) is 0 Å². The number of sulfone groups is 1. The fourth-order valence-corrected chi connectivity index (χ4v) is 6.20. The van der Waals surface area contributed by atoms with Crippen LogP contribution in [0.3, 0.4) is 0 Å². The van der Waals surface area contributed by atoms with E-state index in [1.165, 1.54) is 19.2 Å². The Bertz CT molecular complexity index is 1240. The molecule has 3 rings (SSSR count). The Hall–Kier alpha value is -3.60. The zero-order chi connectivity index (χ0) is 26.5. The normalized spacial score (nSPS) is 15.6. The summed E-state index contributed by atoms with van der Waals surface area (Å²) in [7, 11) is -2.40. The molecule has 0 unspecified atom stereocenters. The molecule has 0 bridgehead atoms. The minimum atomic E-state index is -3.64. The molecule has 0 aliphatic carbocycles. The van der Waals surface area contributed by atoms with E-state index < -0.39 is 27.9 Å². The summed E-state index contributed by atoms with van der Waals surface area (Å²) in [6.07, 6.45) is 0.598. The van der Waals surface area contributed by atoms with Crippen molar-refractivity contribution in [2.24, 2.45) is 11.7 Å². The van der Waals surface area contributed by atoms with Gasteiger partial charge in [-0.15, -0.1) is 0 Å². The second-order valence-corrected chi connectivity index (χ2v) is 11.1. The molecule has 1 aliphatic heterocycles. The Balaban J connectivity index is 1.89. The van der Waals surface area contributed by atoms with Crippen LogP contribution in [0.25, 0.3) is 0 Å². The molecule has 11 heteroatoms. The summed E-state index contributed by atoms with van der Waals surface area (Å²) in [5, 5.41) is 5.58. The molecule has 194 valence electrons. The maximum Gasteiger partial charge on any atom is 0.411 e. The molecule has 0 radical (unpaired) electrons. The van der Waals surface area contributed by atoms with Crippen molar-refractivity contribution in [1.82, 2.24) is 4.90 Å². The summed E-state index contributed by atoms with van der Waals surface area (Å²) in [5.74, 6) is -0.916. The summed E-state index contributed by atoms with van der Waals surface area (Å²) in [6, 6.07) is 10.7. The highest BCUT2D eigenvalue weighted by Crippen LogP contribution is 2.37. The van der Waals surface area contributed by atoms with Gasteiger partial charge in [-0.05, 0) is 60.7 Å². The summed E-state index contributed by atoms with van der Waals surface area (Å²) in [4.78, 5) is 38.2. The first-order valence-corrected chi connectivity index (χ1v) is 13.3. The van der Waals surface area contributed by atoms with Crippen molar-refractivity contribution in [2.45, 2.75) is 37.6 Å². The number of hydrogen-bond acceptors (Lipinski definition) is 7.